The van der Waals surface area contributed by atoms with Crippen molar-refractivity contribution in [2.24, 2.45) is 11.8 Å². The number of aliphatic carboxylic acids is 1. The van der Waals surface area contributed by atoms with Crippen molar-refractivity contribution >= 4 is 11.9 Å². The summed E-state index contributed by atoms with van der Waals surface area (Å²) in [6.45, 7) is 1.46. The smallest absolute Gasteiger partial charge is 0.309 e. The minimum absolute atomic E-state index is 0.103. The molecule has 0 aliphatic carbocycles. The summed E-state index contributed by atoms with van der Waals surface area (Å²) in [6, 6.07) is 3.21. The summed E-state index contributed by atoms with van der Waals surface area (Å²) in [7, 11) is 0. The number of hydrogen-bond acceptors (Lipinski definition) is 3. The monoisotopic (exact) mass is 353 g/mol. The van der Waals surface area contributed by atoms with Crippen LogP contribution < -0.4 is 0 Å². The zero-order chi connectivity index (χ0) is 18.0. The SMILES string of the molecule is O=C(O)C1CCO[C@H]1C1CCN(C(=O)Cc2ccc(F)cc2F)CC1. The van der Waals surface area contributed by atoms with Crippen molar-refractivity contribution in [2.75, 3.05) is 19.7 Å². The fourth-order valence-electron chi connectivity index (χ4n) is 3.76. The summed E-state index contributed by atoms with van der Waals surface area (Å²) in [5.41, 5.74) is 0.179. The highest BCUT2D eigenvalue weighted by Gasteiger charge is 2.40. The molecule has 1 amide bonds. The Morgan fingerprint density at radius 3 is 2.56 bits per heavy atom. The highest BCUT2D eigenvalue weighted by molar-refractivity contribution is 5.79. The van der Waals surface area contributed by atoms with Crippen molar-refractivity contribution in [2.45, 2.75) is 31.8 Å². The number of rotatable bonds is 4. The molecule has 0 bridgehead atoms. The van der Waals surface area contributed by atoms with Gasteiger partial charge < -0.3 is 14.7 Å². The minimum Gasteiger partial charge on any atom is -0.481 e. The van der Waals surface area contributed by atoms with E-state index in [0.29, 0.717) is 39.0 Å². The third-order valence-corrected chi connectivity index (χ3v) is 5.17. The fourth-order valence-corrected chi connectivity index (χ4v) is 3.76. The molecule has 2 fully saturated rings. The van der Waals surface area contributed by atoms with E-state index in [2.05, 4.69) is 0 Å². The van der Waals surface area contributed by atoms with Gasteiger partial charge in [-0.25, -0.2) is 8.78 Å². The van der Waals surface area contributed by atoms with Gasteiger partial charge in [0.25, 0.3) is 0 Å². The number of likely N-dealkylation sites (tertiary alicyclic amines) is 1. The molecule has 1 aromatic rings. The van der Waals surface area contributed by atoms with Crippen molar-refractivity contribution in [3.63, 3.8) is 0 Å². The molecule has 1 unspecified atom stereocenters. The lowest BCUT2D eigenvalue weighted by Crippen LogP contribution is -2.43. The van der Waals surface area contributed by atoms with Gasteiger partial charge in [0.1, 0.15) is 11.6 Å². The Morgan fingerprint density at radius 2 is 1.92 bits per heavy atom. The first kappa shape index (κ1) is 17.8. The van der Waals surface area contributed by atoms with E-state index in [1.807, 2.05) is 0 Å². The number of benzene rings is 1. The summed E-state index contributed by atoms with van der Waals surface area (Å²) < 4.78 is 32.2. The predicted molar refractivity (Wildman–Crippen MR) is 84.8 cm³/mol. The van der Waals surface area contributed by atoms with Gasteiger partial charge in [-0.05, 0) is 36.8 Å². The van der Waals surface area contributed by atoms with Crippen LogP contribution >= 0.6 is 0 Å². The molecule has 0 spiro atoms. The molecule has 7 heteroatoms. The van der Waals surface area contributed by atoms with Crippen molar-refractivity contribution in [3.05, 3.63) is 35.4 Å². The number of nitrogens with zero attached hydrogens (tertiary/aromatic N) is 1. The van der Waals surface area contributed by atoms with Crippen LogP contribution in [0.5, 0.6) is 0 Å². The van der Waals surface area contributed by atoms with Crippen LogP contribution in [0.15, 0.2) is 18.2 Å². The average molecular weight is 353 g/mol. The first-order valence-electron chi connectivity index (χ1n) is 8.52. The fraction of sp³-hybridized carbons (Fsp3) is 0.556. The molecule has 25 heavy (non-hydrogen) atoms. The maximum absolute atomic E-state index is 13.7. The number of hydrogen-bond donors (Lipinski definition) is 1. The highest BCUT2D eigenvalue weighted by atomic mass is 19.1. The van der Waals surface area contributed by atoms with E-state index in [1.54, 1.807) is 4.90 Å². The van der Waals surface area contributed by atoms with Crippen molar-refractivity contribution < 1.29 is 28.2 Å². The number of ether oxygens (including phenoxy) is 1. The number of piperidine rings is 1. The molecule has 3 rings (SSSR count). The van der Waals surface area contributed by atoms with Crippen LogP contribution in [0.25, 0.3) is 0 Å². The maximum Gasteiger partial charge on any atom is 0.309 e. The molecular weight excluding hydrogens is 332 g/mol. The molecule has 136 valence electrons. The normalized spacial score (nSPS) is 24.5. The van der Waals surface area contributed by atoms with Crippen LogP contribution in [0.2, 0.25) is 0 Å². The lowest BCUT2D eigenvalue weighted by Gasteiger charge is -2.35. The van der Waals surface area contributed by atoms with E-state index in [-0.39, 0.29) is 29.9 Å². The van der Waals surface area contributed by atoms with Crippen LogP contribution in [0, 0.1) is 23.5 Å². The number of carbonyl (C=O) groups excluding carboxylic acids is 1. The standard InChI is InChI=1S/C18H21F2NO4/c19-13-2-1-12(15(20)10-13)9-16(22)21-6-3-11(4-7-21)17-14(18(23)24)5-8-25-17/h1-2,10-11,14,17H,3-9H2,(H,23,24)/t14?,17-/m0/s1. The van der Waals surface area contributed by atoms with E-state index in [4.69, 9.17) is 4.74 Å². The second kappa shape index (κ2) is 7.47. The average Bonchev–Trinajstić information content (AvgIpc) is 3.07. The maximum atomic E-state index is 13.7. The molecule has 2 heterocycles. The molecule has 5 nitrogen and oxygen atoms in total. The summed E-state index contributed by atoms with van der Waals surface area (Å²) in [5, 5.41) is 9.26. The van der Waals surface area contributed by atoms with Gasteiger partial charge in [-0.2, -0.15) is 0 Å². The molecule has 0 aromatic heterocycles. The van der Waals surface area contributed by atoms with Gasteiger partial charge in [0.15, 0.2) is 0 Å². The van der Waals surface area contributed by atoms with Gasteiger partial charge in [0.2, 0.25) is 5.91 Å². The largest absolute Gasteiger partial charge is 0.481 e. The Morgan fingerprint density at radius 1 is 1.20 bits per heavy atom. The van der Waals surface area contributed by atoms with Gasteiger partial charge in [-0.1, -0.05) is 6.07 Å². The van der Waals surface area contributed by atoms with E-state index in [0.717, 1.165) is 12.1 Å². The van der Waals surface area contributed by atoms with E-state index in [1.165, 1.54) is 6.07 Å². The van der Waals surface area contributed by atoms with Crippen LogP contribution in [0.4, 0.5) is 8.78 Å². The summed E-state index contributed by atoms with van der Waals surface area (Å²) >= 11 is 0. The Hall–Kier alpha value is -2.02. The highest BCUT2D eigenvalue weighted by Crippen LogP contribution is 2.33. The van der Waals surface area contributed by atoms with Crippen LogP contribution in [0.1, 0.15) is 24.8 Å². The Labute approximate surface area is 144 Å². The Bertz CT molecular complexity index is 658. The first-order chi connectivity index (χ1) is 12.0. The van der Waals surface area contributed by atoms with Crippen molar-refractivity contribution in [1.82, 2.24) is 4.90 Å². The van der Waals surface area contributed by atoms with Crippen molar-refractivity contribution in [3.8, 4) is 0 Å². The predicted octanol–water partition coefficient (Wildman–Crippen LogP) is 2.24. The van der Waals surface area contributed by atoms with Gasteiger partial charge in [-0.3, -0.25) is 9.59 Å². The quantitative estimate of drug-likeness (QED) is 0.901. The lowest BCUT2D eigenvalue weighted by molar-refractivity contribution is -0.145. The molecular formula is C18H21F2NO4. The molecule has 2 aliphatic heterocycles. The van der Waals surface area contributed by atoms with Gasteiger partial charge >= 0.3 is 5.97 Å². The van der Waals surface area contributed by atoms with Gasteiger partial charge in [-0.15, -0.1) is 0 Å². The van der Waals surface area contributed by atoms with E-state index >= 15 is 0 Å². The second-order valence-electron chi connectivity index (χ2n) is 6.70. The van der Waals surface area contributed by atoms with Crippen LogP contribution in [0.3, 0.4) is 0 Å². The minimum atomic E-state index is -0.826. The number of halogens is 2. The van der Waals surface area contributed by atoms with Crippen LogP contribution in [-0.2, 0) is 20.7 Å². The van der Waals surface area contributed by atoms with E-state index < -0.39 is 23.5 Å². The summed E-state index contributed by atoms with van der Waals surface area (Å²) in [4.78, 5) is 25.3. The molecule has 2 atom stereocenters. The molecule has 0 radical (unpaired) electrons. The Balaban J connectivity index is 1.55. The van der Waals surface area contributed by atoms with Crippen LogP contribution in [-0.4, -0.2) is 47.7 Å². The summed E-state index contributed by atoms with van der Waals surface area (Å²) in [6.07, 6.45) is 1.49. The topological polar surface area (TPSA) is 66.8 Å². The zero-order valence-corrected chi connectivity index (χ0v) is 13.8. The van der Waals surface area contributed by atoms with Crippen molar-refractivity contribution in [1.29, 1.82) is 0 Å². The third-order valence-electron chi connectivity index (χ3n) is 5.17. The third kappa shape index (κ3) is 3.98. The molecule has 2 saturated heterocycles. The van der Waals surface area contributed by atoms with Gasteiger partial charge in [0, 0.05) is 25.8 Å². The number of carbonyl (C=O) groups is 2. The van der Waals surface area contributed by atoms with Gasteiger partial charge in [0.05, 0.1) is 18.4 Å². The molecule has 2 aliphatic rings. The zero-order valence-electron chi connectivity index (χ0n) is 13.8. The molecule has 1 N–H and O–H groups in total. The number of amides is 1. The second-order valence-corrected chi connectivity index (χ2v) is 6.70. The Kier molecular flexibility index (Phi) is 5.32. The first-order valence-corrected chi connectivity index (χ1v) is 8.52. The lowest BCUT2D eigenvalue weighted by atomic mass is 9.84. The molecule has 1 aromatic carbocycles. The molecule has 0 saturated carbocycles. The van der Waals surface area contributed by atoms with E-state index in [9.17, 15) is 23.5 Å². The number of carboxylic acid groups (broad SMARTS) is 1. The number of carboxylic acids is 1. The summed E-state index contributed by atoms with van der Waals surface area (Å²) in [5.74, 6) is -2.76.